The fraction of sp³-hybridized carbons (Fsp3) is 0.600. The predicted octanol–water partition coefficient (Wildman–Crippen LogP) is 0.277. The number of aryl methyl sites for hydroxylation is 1. The quantitative estimate of drug-likeness (QED) is 0.685. The summed E-state index contributed by atoms with van der Waals surface area (Å²) in [6.07, 6.45) is 3.43. The summed E-state index contributed by atoms with van der Waals surface area (Å²) in [5.41, 5.74) is 6.18. The SMILES string of the molecule is CC(N)CCCNC(=O)c1ccnn1C. The van der Waals surface area contributed by atoms with E-state index in [-0.39, 0.29) is 11.9 Å². The molecule has 0 spiro atoms. The van der Waals surface area contributed by atoms with Gasteiger partial charge in [-0.3, -0.25) is 9.48 Å². The predicted molar refractivity (Wildman–Crippen MR) is 58.4 cm³/mol. The molecule has 5 nitrogen and oxygen atoms in total. The maximum absolute atomic E-state index is 11.6. The molecule has 1 unspecified atom stereocenters. The van der Waals surface area contributed by atoms with Gasteiger partial charge in [-0.25, -0.2) is 0 Å². The zero-order valence-electron chi connectivity index (χ0n) is 9.23. The van der Waals surface area contributed by atoms with Gasteiger partial charge in [-0.2, -0.15) is 5.10 Å². The number of nitrogens with two attached hydrogens (primary N) is 1. The van der Waals surface area contributed by atoms with Gasteiger partial charge in [0.2, 0.25) is 0 Å². The summed E-state index contributed by atoms with van der Waals surface area (Å²) < 4.78 is 1.56. The molecule has 0 aliphatic heterocycles. The van der Waals surface area contributed by atoms with Gasteiger partial charge in [-0.1, -0.05) is 0 Å². The molecule has 15 heavy (non-hydrogen) atoms. The molecular weight excluding hydrogens is 192 g/mol. The summed E-state index contributed by atoms with van der Waals surface area (Å²) in [7, 11) is 1.75. The molecule has 0 aliphatic rings. The first-order chi connectivity index (χ1) is 7.11. The number of hydrogen-bond donors (Lipinski definition) is 2. The molecule has 0 bridgehead atoms. The van der Waals surface area contributed by atoms with Gasteiger partial charge in [0, 0.05) is 25.8 Å². The van der Waals surface area contributed by atoms with Crippen LogP contribution in [0.4, 0.5) is 0 Å². The molecule has 0 radical (unpaired) electrons. The first-order valence-electron chi connectivity index (χ1n) is 5.13. The van der Waals surface area contributed by atoms with Crippen LogP contribution in [0.2, 0.25) is 0 Å². The van der Waals surface area contributed by atoms with Crippen LogP contribution in [0.3, 0.4) is 0 Å². The third kappa shape index (κ3) is 3.71. The van der Waals surface area contributed by atoms with Gasteiger partial charge in [-0.05, 0) is 25.8 Å². The number of nitrogens with zero attached hydrogens (tertiary/aromatic N) is 2. The Morgan fingerprint density at radius 1 is 1.73 bits per heavy atom. The van der Waals surface area contributed by atoms with E-state index in [4.69, 9.17) is 5.73 Å². The number of nitrogens with one attached hydrogen (secondary N) is 1. The van der Waals surface area contributed by atoms with Crippen molar-refractivity contribution in [3.63, 3.8) is 0 Å². The Morgan fingerprint density at radius 2 is 2.47 bits per heavy atom. The Hall–Kier alpha value is -1.36. The fourth-order valence-electron chi connectivity index (χ4n) is 1.31. The van der Waals surface area contributed by atoms with Crippen LogP contribution in [0.15, 0.2) is 12.3 Å². The van der Waals surface area contributed by atoms with Crippen molar-refractivity contribution in [2.24, 2.45) is 12.8 Å². The summed E-state index contributed by atoms with van der Waals surface area (Å²) in [4.78, 5) is 11.6. The molecule has 1 aromatic heterocycles. The van der Waals surface area contributed by atoms with E-state index in [1.807, 2.05) is 6.92 Å². The molecule has 1 heterocycles. The summed E-state index contributed by atoms with van der Waals surface area (Å²) in [6, 6.07) is 1.89. The van der Waals surface area contributed by atoms with Gasteiger partial charge in [0.05, 0.1) is 0 Å². The molecule has 1 rings (SSSR count). The number of aromatic nitrogens is 2. The Bertz CT molecular complexity index is 319. The molecular formula is C10H18N4O. The molecule has 1 aromatic rings. The number of rotatable bonds is 5. The first kappa shape index (κ1) is 11.7. The van der Waals surface area contributed by atoms with E-state index in [0.717, 1.165) is 12.8 Å². The average Bonchev–Trinajstić information content (AvgIpc) is 2.58. The monoisotopic (exact) mass is 210 g/mol. The van der Waals surface area contributed by atoms with Crippen molar-refractivity contribution < 1.29 is 4.79 Å². The number of carbonyl (C=O) groups is 1. The highest BCUT2D eigenvalue weighted by molar-refractivity contribution is 5.92. The molecule has 3 N–H and O–H groups in total. The van der Waals surface area contributed by atoms with Crippen molar-refractivity contribution in [1.29, 1.82) is 0 Å². The van der Waals surface area contributed by atoms with Crippen LogP contribution in [-0.4, -0.2) is 28.3 Å². The normalized spacial score (nSPS) is 12.5. The highest BCUT2D eigenvalue weighted by Gasteiger charge is 2.08. The van der Waals surface area contributed by atoms with Gasteiger partial charge in [0.25, 0.3) is 5.91 Å². The zero-order chi connectivity index (χ0) is 11.3. The second-order valence-electron chi connectivity index (χ2n) is 3.72. The Morgan fingerprint density at radius 3 is 3.00 bits per heavy atom. The van der Waals surface area contributed by atoms with Crippen molar-refractivity contribution in [1.82, 2.24) is 15.1 Å². The number of hydrogen-bond acceptors (Lipinski definition) is 3. The van der Waals surface area contributed by atoms with E-state index in [1.54, 1.807) is 24.0 Å². The summed E-state index contributed by atoms with van der Waals surface area (Å²) in [5.74, 6) is -0.0836. The van der Waals surface area contributed by atoms with Crippen molar-refractivity contribution in [2.75, 3.05) is 6.54 Å². The average molecular weight is 210 g/mol. The van der Waals surface area contributed by atoms with Gasteiger partial charge in [-0.15, -0.1) is 0 Å². The lowest BCUT2D eigenvalue weighted by Gasteiger charge is -2.06. The van der Waals surface area contributed by atoms with Crippen molar-refractivity contribution in [3.05, 3.63) is 18.0 Å². The van der Waals surface area contributed by atoms with E-state index in [2.05, 4.69) is 10.4 Å². The van der Waals surface area contributed by atoms with Crippen LogP contribution in [0.1, 0.15) is 30.3 Å². The minimum atomic E-state index is -0.0836. The lowest BCUT2D eigenvalue weighted by atomic mass is 10.2. The third-order valence-corrected chi connectivity index (χ3v) is 2.18. The van der Waals surface area contributed by atoms with E-state index in [0.29, 0.717) is 12.2 Å². The topological polar surface area (TPSA) is 72.9 Å². The summed E-state index contributed by atoms with van der Waals surface area (Å²) in [6.45, 7) is 2.62. The van der Waals surface area contributed by atoms with Crippen molar-refractivity contribution >= 4 is 5.91 Å². The Labute approximate surface area is 89.6 Å². The molecule has 0 aromatic carbocycles. The van der Waals surface area contributed by atoms with Gasteiger partial charge in [0.15, 0.2) is 0 Å². The summed E-state index contributed by atoms with van der Waals surface area (Å²) >= 11 is 0. The lowest BCUT2D eigenvalue weighted by molar-refractivity contribution is 0.0943. The molecule has 0 fully saturated rings. The Balaban J connectivity index is 2.28. The standard InChI is InChI=1S/C10H18N4O/c1-8(11)4-3-6-12-10(15)9-5-7-13-14(9)2/h5,7-8H,3-4,6,11H2,1-2H3,(H,12,15). The molecule has 0 saturated carbocycles. The number of amides is 1. The highest BCUT2D eigenvalue weighted by atomic mass is 16.2. The van der Waals surface area contributed by atoms with Crippen LogP contribution in [0.5, 0.6) is 0 Å². The molecule has 0 aliphatic carbocycles. The maximum atomic E-state index is 11.6. The molecule has 0 saturated heterocycles. The van der Waals surface area contributed by atoms with Crippen molar-refractivity contribution in [3.8, 4) is 0 Å². The zero-order valence-corrected chi connectivity index (χ0v) is 9.23. The Kier molecular flexibility index (Phi) is 4.30. The smallest absolute Gasteiger partial charge is 0.269 e. The minimum Gasteiger partial charge on any atom is -0.351 e. The van der Waals surface area contributed by atoms with Gasteiger partial charge in [0.1, 0.15) is 5.69 Å². The van der Waals surface area contributed by atoms with Crippen LogP contribution in [0.25, 0.3) is 0 Å². The fourth-order valence-corrected chi connectivity index (χ4v) is 1.31. The maximum Gasteiger partial charge on any atom is 0.269 e. The second kappa shape index (κ2) is 5.50. The van der Waals surface area contributed by atoms with E-state index >= 15 is 0 Å². The van der Waals surface area contributed by atoms with Crippen molar-refractivity contribution in [2.45, 2.75) is 25.8 Å². The largest absolute Gasteiger partial charge is 0.351 e. The van der Waals surface area contributed by atoms with Crippen LogP contribution >= 0.6 is 0 Å². The molecule has 1 amide bonds. The van der Waals surface area contributed by atoms with E-state index in [9.17, 15) is 4.79 Å². The molecule has 84 valence electrons. The van der Waals surface area contributed by atoms with Crippen LogP contribution in [0, 0.1) is 0 Å². The van der Waals surface area contributed by atoms with Gasteiger partial charge < -0.3 is 11.1 Å². The third-order valence-electron chi connectivity index (χ3n) is 2.18. The number of carbonyl (C=O) groups excluding carboxylic acids is 1. The lowest BCUT2D eigenvalue weighted by Crippen LogP contribution is -2.27. The van der Waals surface area contributed by atoms with Crippen LogP contribution < -0.4 is 11.1 Å². The minimum absolute atomic E-state index is 0.0836. The first-order valence-corrected chi connectivity index (χ1v) is 5.13. The van der Waals surface area contributed by atoms with Gasteiger partial charge >= 0.3 is 0 Å². The summed E-state index contributed by atoms with van der Waals surface area (Å²) in [5, 5.41) is 6.76. The van der Waals surface area contributed by atoms with E-state index < -0.39 is 0 Å². The highest BCUT2D eigenvalue weighted by Crippen LogP contribution is 1.96. The molecule has 1 atom stereocenters. The van der Waals surface area contributed by atoms with E-state index in [1.165, 1.54) is 0 Å². The molecule has 5 heteroatoms. The second-order valence-corrected chi connectivity index (χ2v) is 3.72. The van der Waals surface area contributed by atoms with Crippen LogP contribution in [-0.2, 0) is 7.05 Å².